The van der Waals surface area contributed by atoms with E-state index in [0.29, 0.717) is 28.2 Å². The van der Waals surface area contributed by atoms with E-state index in [1.807, 2.05) is 42.5 Å². The number of benzene rings is 3. The molecule has 4 N–H and O–H groups in total. The van der Waals surface area contributed by atoms with Crippen molar-refractivity contribution in [2.24, 2.45) is 5.41 Å². The molecule has 3 aromatic carbocycles. The molecule has 55 heavy (non-hydrogen) atoms. The summed E-state index contributed by atoms with van der Waals surface area (Å²) in [6.07, 6.45) is 4.54. The van der Waals surface area contributed by atoms with Gasteiger partial charge in [-0.15, -0.1) is 0 Å². The maximum Gasteiger partial charge on any atom is 0.134 e. The summed E-state index contributed by atoms with van der Waals surface area (Å²) in [5, 5.41) is 27.7. The lowest BCUT2D eigenvalue weighted by atomic mass is 9.79. The fourth-order valence-electron chi connectivity index (χ4n) is 7.86. The van der Waals surface area contributed by atoms with Gasteiger partial charge in [-0.05, 0) is 94.6 Å². The van der Waals surface area contributed by atoms with Gasteiger partial charge in [-0.1, -0.05) is 102 Å². The summed E-state index contributed by atoms with van der Waals surface area (Å²) in [7, 11) is 0. The second-order valence-electron chi connectivity index (χ2n) is 16.9. The van der Waals surface area contributed by atoms with Crippen LogP contribution in [0.15, 0.2) is 109 Å². The van der Waals surface area contributed by atoms with Crippen LogP contribution in [0, 0.1) is 5.41 Å². The number of aromatic hydroxyl groups is 2. The van der Waals surface area contributed by atoms with Gasteiger partial charge in [0.2, 0.25) is 0 Å². The van der Waals surface area contributed by atoms with Gasteiger partial charge in [0.1, 0.15) is 11.5 Å². The van der Waals surface area contributed by atoms with Crippen molar-refractivity contribution in [1.82, 2.24) is 19.9 Å². The molecule has 12 bridgehead atoms. The molecule has 0 amide bonds. The molecule has 0 radical (unpaired) electrons. The van der Waals surface area contributed by atoms with Crippen LogP contribution < -0.4 is 0 Å². The van der Waals surface area contributed by atoms with Crippen molar-refractivity contribution in [2.45, 2.75) is 53.4 Å². The van der Waals surface area contributed by atoms with Gasteiger partial charge < -0.3 is 20.2 Å². The topological polar surface area (TPSA) is 97.8 Å². The van der Waals surface area contributed by atoms with E-state index in [4.69, 9.17) is 9.97 Å². The summed E-state index contributed by atoms with van der Waals surface area (Å²) in [5.41, 5.74) is 12.5. The normalized spacial score (nSPS) is 13.2. The van der Waals surface area contributed by atoms with E-state index >= 15 is 0 Å². The third-order valence-electron chi connectivity index (χ3n) is 11.2. The van der Waals surface area contributed by atoms with Crippen molar-refractivity contribution in [3.63, 3.8) is 0 Å². The average Bonchev–Trinajstić information content (AvgIpc) is 3.84. The molecule has 5 heterocycles. The highest BCUT2D eigenvalue weighted by Crippen LogP contribution is 2.42. The molecule has 0 saturated carbocycles. The second kappa shape index (κ2) is 12.3. The number of allylic oxidation sites excluding steroid dienone is 1. The summed E-state index contributed by atoms with van der Waals surface area (Å²) in [6.45, 7) is 17.2. The Morgan fingerprint density at radius 3 is 1.91 bits per heavy atom. The van der Waals surface area contributed by atoms with Crippen LogP contribution in [0.2, 0.25) is 0 Å². The van der Waals surface area contributed by atoms with Gasteiger partial charge in [-0.3, -0.25) is 0 Å². The fourth-order valence-corrected chi connectivity index (χ4v) is 7.86. The Hall–Kier alpha value is -6.40. The summed E-state index contributed by atoms with van der Waals surface area (Å²) < 4.78 is 0. The van der Waals surface area contributed by atoms with E-state index in [2.05, 4.69) is 125 Å². The lowest BCUT2D eigenvalue weighted by Crippen LogP contribution is -2.14. The van der Waals surface area contributed by atoms with Crippen LogP contribution in [0.5, 0.6) is 11.5 Å². The SMILES string of the molecule is C=Cc1cccc(-c2c3ccc([nH]3)c3c(O)c(c4ccc5ccc6ccc(nc6c5n4)c4cc(C(C)(C)C)cc(c4O)c4ccc2[nH]4)CC(C(C)(C)C)=C3)c1. The molecule has 5 aromatic heterocycles. The molecular weight excluding hydrogens is 677 g/mol. The molecule has 0 unspecified atom stereocenters. The lowest BCUT2D eigenvalue weighted by Gasteiger charge is -2.27. The third kappa shape index (κ3) is 5.80. The number of aromatic amines is 2. The molecule has 6 heteroatoms. The molecule has 0 fully saturated rings. The summed E-state index contributed by atoms with van der Waals surface area (Å²) in [5.74, 6) is 0.353. The molecule has 8 aromatic rings. The largest absolute Gasteiger partial charge is 0.507 e. The Bertz CT molecular complexity index is 3070. The number of phenolic OH excluding ortho intramolecular Hbond substituents is 1. The molecule has 0 spiro atoms. The minimum absolute atomic E-state index is 0.151. The number of hydrogen-bond donors (Lipinski definition) is 4. The first kappa shape index (κ1) is 34.4. The number of nitrogens with zero attached hydrogens (tertiary/aromatic N) is 2. The first-order chi connectivity index (χ1) is 26.3. The number of aromatic nitrogens is 4. The van der Waals surface area contributed by atoms with E-state index in [0.717, 1.165) is 77.3 Å². The maximum absolute atomic E-state index is 12.2. The number of H-pyrrole nitrogens is 2. The number of hydrogen-bond acceptors (Lipinski definition) is 4. The van der Waals surface area contributed by atoms with Crippen LogP contribution in [-0.2, 0) is 11.8 Å². The van der Waals surface area contributed by atoms with Gasteiger partial charge in [0.25, 0.3) is 0 Å². The zero-order chi connectivity index (χ0) is 38.4. The van der Waals surface area contributed by atoms with Crippen molar-refractivity contribution < 1.29 is 10.2 Å². The fraction of sp³-hybridized carbons (Fsp3) is 0.184. The lowest BCUT2D eigenvalue weighted by molar-refractivity contribution is 0.456. The number of fused-ring (bicyclic) bond motifs is 14. The van der Waals surface area contributed by atoms with Crippen molar-refractivity contribution in [1.29, 1.82) is 0 Å². The first-order valence-corrected chi connectivity index (χ1v) is 18.9. The van der Waals surface area contributed by atoms with Crippen LogP contribution in [0.3, 0.4) is 0 Å². The van der Waals surface area contributed by atoms with E-state index in [1.165, 1.54) is 5.57 Å². The van der Waals surface area contributed by atoms with E-state index in [9.17, 15) is 10.2 Å². The molecule has 6 nitrogen and oxygen atoms in total. The van der Waals surface area contributed by atoms with Gasteiger partial charge >= 0.3 is 0 Å². The smallest absolute Gasteiger partial charge is 0.134 e. The average molecular weight is 721 g/mol. The summed E-state index contributed by atoms with van der Waals surface area (Å²) >= 11 is 0. The first-order valence-electron chi connectivity index (χ1n) is 18.9. The van der Waals surface area contributed by atoms with Crippen molar-refractivity contribution in [3.05, 3.63) is 131 Å². The van der Waals surface area contributed by atoms with Gasteiger partial charge in [-0.25, -0.2) is 9.97 Å². The Balaban J connectivity index is 1.53. The number of nitrogens with one attached hydrogen (secondary N) is 2. The molecular formula is C49H44N4O2. The van der Waals surface area contributed by atoms with Crippen LogP contribution in [0.25, 0.3) is 89.0 Å². The zero-order valence-electron chi connectivity index (χ0n) is 32.1. The van der Waals surface area contributed by atoms with Crippen LogP contribution in [-0.4, -0.2) is 30.1 Å². The van der Waals surface area contributed by atoms with Crippen LogP contribution >= 0.6 is 0 Å². The maximum atomic E-state index is 12.2. The predicted molar refractivity (Wildman–Crippen MR) is 231 cm³/mol. The Labute approximate surface area is 319 Å². The minimum atomic E-state index is -0.212. The summed E-state index contributed by atoms with van der Waals surface area (Å²) in [4.78, 5) is 17.9. The van der Waals surface area contributed by atoms with Crippen LogP contribution in [0.1, 0.15) is 63.8 Å². The highest BCUT2D eigenvalue weighted by molar-refractivity contribution is 6.07. The van der Waals surface area contributed by atoms with Gasteiger partial charge in [0.15, 0.2) is 0 Å². The highest BCUT2D eigenvalue weighted by Gasteiger charge is 2.25. The number of rotatable bonds is 2. The third-order valence-corrected chi connectivity index (χ3v) is 11.2. The Morgan fingerprint density at radius 2 is 1.24 bits per heavy atom. The Morgan fingerprint density at radius 1 is 0.636 bits per heavy atom. The minimum Gasteiger partial charge on any atom is -0.507 e. The number of pyridine rings is 2. The van der Waals surface area contributed by atoms with Gasteiger partial charge in [0, 0.05) is 60.3 Å². The highest BCUT2D eigenvalue weighted by atomic mass is 16.3. The summed E-state index contributed by atoms with van der Waals surface area (Å²) in [6, 6.07) is 32.9. The predicted octanol–water partition coefficient (Wildman–Crippen LogP) is 12.7. The molecule has 0 atom stereocenters. The van der Waals surface area contributed by atoms with Crippen LogP contribution in [0.4, 0.5) is 0 Å². The molecule has 0 saturated heterocycles. The number of phenols is 1. The molecule has 1 aliphatic carbocycles. The van der Waals surface area contributed by atoms with Crippen molar-refractivity contribution >= 4 is 77.8 Å². The van der Waals surface area contributed by atoms with E-state index in [-0.39, 0.29) is 22.3 Å². The standard InChI is InChI=1S/C49H44N4O2/c1-8-27-10-9-11-30(22-27)43-41-20-18-37(50-41)33-23-31(48(2,3)4)25-35(46(33)54)39-16-14-28-12-13-29-15-17-40(53-45(29)44(28)52-39)36-26-32(49(5,6)7)24-34(47(36)55)38-19-21-42(43)51-38/h8-25,50-51,54-55H,1,26H2,2-7H3. The van der Waals surface area contributed by atoms with Gasteiger partial charge in [0.05, 0.1) is 22.1 Å². The Kier molecular flexibility index (Phi) is 7.70. The second-order valence-corrected chi connectivity index (χ2v) is 16.9. The quantitative estimate of drug-likeness (QED) is 0.134. The zero-order valence-corrected chi connectivity index (χ0v) is 32.1. The molecule has 272 valence electrons. The monoisotopic (exact) mass is 720 g/mol. The molecule has 1 aliphatic rings. The van der Waals surface area contributed by atoms with E-state index < -0.39 is 0 Å². The molecule has 9 rings (SSSR count). The van der Waals surface area contributed by atoms with Crippen molar-refractivity contribution in [2.75, 3.05) is 0 Å². The van der Waals surface area contributed by atoms with Gasteiger partial charge in [-0.2, -0.15) is 0 Å². The van der Waals surface area contributed by atoms with E-state index in [1.54, 1.807) is 0 Å². The van der Waals surface area contributed by atoms with Crippen molar-refractivity contribution in [3.8, 4) is 22.6 Å². The molecule has 0 aliphatic heterocycles.